The predicted molar refractivity (Wildman–Crippen MR) is 74.6 cm³/mol. The first-order valence-electron chi connectivity index (χ1n) is 5.86. The van der Waals surface area contributed by atoms with Gasteiger partial charge in [0.15, 0.2) is 5.11 Å². The van der Waals surface area contributed by atoms with Crippen molar-refractivity contribution in [3.63, 3.8) is 0 Å². The lowest BCUT2D eigenvalue weighted by Crippen LogP contribution is -2.51. The molecule has 0 aromatic heterocycles. The Balaban J connectivity index is 1.93. The highest BCUT2D eigenvalue weighted by Crippen LogP contribution is 2.32. The molecule has 0 radical (unpaired) electrons. The van der Waals surface area contributed by atoms with Crippen molar-refractivity contribution in [2.75, 3.05) is 11.9 Å². The smallest absolute Gasteiger partial charge is 0.262 e. The maximum Gasteiger partial charge on any atom is 0.262 e. The lowest BCUT2D eigenvalue weighted by Gasteiger charge is -2.17. The van der Waals surface area contributed by atoms with Crippen molar-refractivity contribution in [1.29, 1.82) is 0 Å². The van der Waals surface area contributed by atoms with Gasteiger partial charge in [-0.2, -0.15) is 0 Å². The molecular formula is C13H11N3O2S. The Hall–Kier alpha value is -2.21. The fraction of sp³-hybridized carbons (Fsp3) is 0.154. The first-order valence-corrected chi connectivity index (χ1v) is 6.27. The van der Waals surface area contributed by atoms with Crippen LogP contribution in [0.3, 0.4) is 0 Å². The molecule has 96 valence electrons. The summed E-state index contributed by atoms with van der Waals surface area (Å²) in [5.41, 5.74) is 2.23. The van der Waals surface area contributed by atoms with Gasteiger partial charge in [-0.05, 0) is 23.8 Å². The molecule has 1 fully saturated rings. The first-order chi connectivity index (χ1) is 9.15. The zero-order chi connectivity index (χ0) is 13.4. The van der Waals surface area contributed by atoms with Crippen LogP contribution < -0.4 is 16.0 Å². The van der Waals surface area contributed by atoms with Crippen LogP contribution in [0.5, 0.6) is 0 Å². The topological polar surface area (TPSA) is 70.2 Å². The number of amides is 2. The summed E-state index contributed by atoms with van der Waals surface area (Å²) < 4.78 is 0. The average molecular weight is 273 g/mol. The van der Waals surface area contributed by atoms with Crippen LogP contribution in [0.4, 0.5) is 5.69 Å². The van der Waals surface area contributed by atoms with Gasteiger partial charge in [0.25, 0.3) is 11.8 Å². The van der Waals surface area contributed by atoms with Crippen LogP contribution in [0.1, 0.15) is 11.5 Å². The number of hydrogen-bond donors (Lipinski definition) is 3. The van der Waals surface area contributed by atoms with Gasteiger partial charge in [0.05, 0.1) is 0 Å². The van der Waals surface area contributed by atoms with E-state index in [0.29, 0.717) is 6.54 Å². The number of para-hydroxylation sites is 1. The summed E-state index contributed by atoms with van der Waals surface area (Å²) in [4.78, 5) is 23.5. The van der Waals surface area contributed by atoms with Gasteiger partial charge in [-0.15, -0.1) is 0 Å². The predicted octanol–water partition coefficient (Wildman–Crippen LogP) is 0.653. The van der Waals surface area contributed by atoms with E-state index in [1.165, 1.54) is 0 Å². The van der Waals surface area contributed by atoms with E-state index in [-0.39, 0.29) is 16.6 Å². The van der Waals surface area contributed by atoms with Crippen molar-refractivity contribution in [3.05, 3.63) is 41.5 Å². The number of carbonyl (C=O) groups excluding carboxylic acids is 2. The van der Waals surface area contributed by atoms with E-state index in [1.807, 2.05) is 24.3 Å². The molecule has 19 heavy (non-hydrogen) atoms. The minimum atomic E-state index is -0.446. The molecule has 6 heteroatoms. The third kappa shape index (κ3) is 2.10. The van der Waals surface area contributed by atoms with Crippen molar-refractivity contribution < 1.29 is 9.59 Å². The molecule has 0 aliphatic carbocycles. The van der Waals surface area contributed by atoms with Crippen LogP contribution in [0.15, 0.2) is 35.9 Å². The molecule has 3 rings (SSSR count). The number of carbonyl (C=O) groups is 2. The molecule has 1 atom stereocenters. The molecule has 3 N–H and O–H groups in total. The summed E-state index contributed by atoms with van der Waals surface area (Å²) in [7, 11) is 0. The number of rotatable bonds is 1. The first kappa shape index (κ1) is 11.9. The second-order valence-corrected chi connectivity index (χ2v) is 4.80. The molecule has 0 bridgehead atoms. The zero-order valence-corrected chi connectivity index (χ0v) is 10.7. The molecule has 2 amide bonds. The zero-order valence-electron chi connectivity index (χ0n) is 9.90. The third-order valence-corrected chi connectivity index (χ3v) is 3.39. The third-order valence-electron chi connectivity index (χ3n) is 3.18. The number of nitrogens with one attached hydrogen (secondary N) is 3. The highest BCUT2D eigenvalue weighted by atomic mass is 32.1. The van der Waals surface area contributed by atoms with E-state index in [1.54, 1.807) is 6.08 Å². The molecule has 2 aliphatic heterocycles. The summed E-state index contributed by atoms with van der Waals surface area (Å²) >= 11 is 4.76. The molecule has 5 nitrogen and oxygen atoms in total. The molecule has 0 spiro atoms. The Kier molecular flexibility index (Phi) is 2.79. The van der Waals surface area contributed by atoms with E-state index < -0.39 is 11.8 Å². The van der Waals surface area contributed by atoms with E-state index in [9.17, 15) is 9.59 Å². The monoisotopic (exact) mass is 273 g/mol. The Labute approximate surface area is 115 Å². The van der Waals surface area contributed by atoms with E-state index >= 15 is 0 Å². The van der Waals surface area contributed by atoms with Crippen molar-refractivity contribution >= 4 is 34.8 Å². The van der Waals surface area contributed by atoms with Gasteiger partial charge in [-0.25, -0.2) is 0 Å². The second kappa shape index (κ2) is 4.47. The standard InChI is InChI=1S/C13H11N3O2S/c17-11-9(12(18)16-13(19)15-11)5-7-6-14-10-4-2-1-3-8(7)10/h1-5,7,14H,6H2,(H2,15,16,17,18,19). The number of hydrogen-bond acceptors (Lipinski definition) is 4. The van der Waals surface area contributed by atoms with Gasteiger partial charge in [0.1, 0.15) is 5.57 Å². The van der Waals surface area contributed by atoms with Crippen LogP contribution in [-0.4, -0.2) is 23.5 Å². The maximum absolute atomic E-state index is 11.8. The van der Waals surface area contributed by atoms with Gasteiger partial charge < -0.3 is 5.32 Å². The Bertz CT molecular complexity index is 602. The molecule has 1 aromatic carbocycles. The van der Waals surface area contributed by atoms with Crippen molar-refractivity contribution in [2.24, 2.45) is 0 Å². The van der Waals surface area contributed by atoms with Crippen LogP contribution in [0.25, 0.3) is 0 Å². The number of thiocarbonyl (C=S) groups is 1. The van der Waals surface area contributed by atoms with Crippen LogP contribution >= 0.6 is 12.2 Å². The highest BCUT2D eigenvalue weighted by molar-refractivity contribution is 7.80. The summed E-state index contributed by atoms with van der Waals surface area (Å²) in [5.74, 6) is -0.884. The summed E-state index contributed by atoms with van der Waals surface area (Å²) in [6.45, 7) is 0.674. The van der Waals surface area contributed by atoms with Gasteiger partial charge >= 0.3 is 0 Å². The van der Waals surface area contributed by atoms with E-state index in [0.717, 1.165) is 11.3 Å². The lowest BCUT2D eigenvalue weighted by molar-refractivity contribution is -0.123. The second-order valence-electron chi connectivity index (χ2n) is 4.39. The molecular weight excluding hydrogens is 262 g/mol. The van der Waals surface area contributed by atoms with Crippen LogP contribution in [0, 0.1) is 0 Å². The van der Waals surface area contributed by atoms with Crippen molar-refractivity contribution in [3.8, 4) is 0 Å². The SMILES string of the molecule is O=C1NC(=S)NC(=O)C1=CC1CNc2ccccc21. The van der Waals surface area contributed by atoms with E-state index in [4.69, 9.17) is 12.2 Å². The highest BCUT2D eigenvalue weighted by Gasteiger charge is 2.29. The van der Waals surface area contributed by atoms with Gasteiger partial charge in [0.2, 0.25) is 0 Å². The van der Waals surface area contributed by atoms with Crippen LogP contribution in [0.2, 0.25) is 0 Å². The number of benzene rings is 1. The summed E-state index contributed by atoms with van der Waals surface area (Å²) in [6.07, 6.45) is 1.69. The van der Waals surface area contributed by atoms with Gasteiger partial charge in [0, 0.05) is 18.2 Å². The van der Waals surface area contributed by atoms with Gasteiger partial charge in [-0.3, -0.25) is 20.2 Å². The molecule has 2 heterocycles. The minimum Gasteiger partial charge on any atom is -0.384 e. The number of anilines is 1. The molecule has 2 aliphatic rings. The fourth-order valence-electron chi connectivity index (χ4n) is 2.29. The van der Waals surface area contributed by atoms with Gasteiger partial charge in [-0.1, -0.05) is 24.3 Å². The lowest BCUT2D eigenvalue weighted by atomic mass is 9.97. The Morgan fingerprint density at radius 2 is 1.84 bits per heavy atom. The van der Waals surface area contributed by atoms with Crippen molar-refractivity contribution in [2.45, 2.75) is 5.92 Å². The minimum absolute atomic E-state index is 0.00868. The molecule has 0 saturated carbocycles. The quantitative estimate of drug-likeness (QED) is 0.399. The Morgan fingerprint density at radius 1 is 1.16 bits per heavy atom. The fourth-order valence-corrected chi connectivity index (χ4v) is 2.47. The number of fused-ring (bicyclic) bond motifs is 1. The molecule has 1 aromatic rings. The van der Waals surface area contributed by atoms with Crippen molar-refractivity contribution in [1.82, 2.24) is 10.6 Å². The van der Waals surface area contributed by atoms with E-state index in [2.05, 4.69) is 16.0 Å². The maximum atomic E-state index is 11.8. The molecule has 1 saturated heterocycles. The Morgan fingerprint density at radius 3 is 2.58 bits per heavy atom. The molecule has 1 unspecified atom stereocenters. The van der Waals surface area contributed by atoms with Crippen LogP contribution in [-0.2, 0) is 9.59 Å². The normalized spacial score (nSPS) is 21.4. The average Bonchev–Trinajstić information content (AvgIpc) is 2.77. The largest absolute Gasteiger partial charge is 0.384 e. The summed E-state index contributed by atoms with van der Waals surface area (Å²) in [6, 6.07) is 7.84. The summed E-state index contributed by atoms with van der Waals surface area (Å²) in [5, 5.41) is 8.16.